The molecule has 21 heavy (non-hydrogen) atoms. The largest absolute Gasteiger partial charge is 0.417 e. The Bertz CT molecular complexity index is 616. The van der Waals surface area contributed by atoms with Crippen LogP contribution in [0.5, 0.6) is 0 Å². The summed E-state index contributed by atoms with van der Waals surface area (Å²) < 4.78 is 50.8. The zero-order chi connectivity index (χ0) is 15.5. The van der Waals surface area contributed by atoms with Crippen molar-refractivity contribution >= 4 is 17.7 Å². The van der Waals surface area contributed by atoms with Gasteiger partial charge >= 0.3 is 6.18 Å². The second-order valence-corrected chi connectivity index (χ2v) is 4.87. The predicted molar refractivity (Wildman–Crippen MR) is 69.5 cm³/mol. The number of alkyl halides is 3. The molecule has 0 saturated heterocycles. The van der Waals surface area contributed by atoms with E-state index in [1.807, 2.05) is 6.92 Å². The molecule has 0 aliphatic rings. The highest BCUT2D eigenvalue weighted by Crippen LogP contribution is 2.31. The molecule has 0 aliphatic heterocycles. The summed E-state index contributed by atoms with van der Waals surface area (Å²) in [7, 11) is 0. The van der Waals surface area contributed by atoms with Crippen LogP contribution in [0.15, 0.2) is 34.6 Å². The molecule has 2 aromatic heterocycles. The van der Waals surface area contributed by atoms with Crippen LogP contribution in [-0.2, 0) is 6.18 Å². The van der Waals surface area contributed by atoms with Crippen LogP contribution in [0.2, 0.25) is 0 Å². The van der Waals surface area contributed by atoms with Crippen molar-refractivity contribution in [3.8, 4) is 0 Å². The fourth-order valence-electron chi connectivity index (χ4n) is 1.37. The SMILES string of the molecule is CCNc1ncc(F)c(Sc2ccc(C(F)(F)F)cn2)n1. The maximum Gasteiger partial charge on any atom is 0.417 e. The van der Waals surface area contributed by atoms with E-state index in [4.69, 9.17) is 0 Å². The van der Waals surface area contributed by atoms with Crippen molar-refractivity contribution in [3.63, 3.8) is 0 Å². The minimum atomic E-state index is -4.45. The fourth-order valence-corrected chi connectivity index (χ4v) is 2.10. The van der Waals surface area contributed by atoms with Crippen molar-refractivity contribution in [2.45, 2.75) is 23.2 Å². The van der Waals surface area contributed by atoms with Crippen molar-refractivity contribution in [2.24, 2.45) is 0 Å². The molecule has 2 rings (SSSR count). The van der Waals surface area contributed by atoms with Gasteiger partial charge in [0.25, 0.3) is 0 Å². The van der Waals surface area contributed by atoms with Crippen LogP contribution in [0.3, 0.4) is 0 Å². The highest BCUT2D eigenvalue weighted by Gasteiger charge is 2.30. The molecule has 0 bridgehead atoms. The number of hydrogen-bond donors (Lipinski definition) is 1. The number of aromatic nitrogens is 3. The zero-order valence-corrected chi connectivity index (χ0v) is 11.6. The minimum absolute atomic E-state index is 0.00629. The summed E-state index contributed by atoms with van der Waals surface area (Å²) in [6, 6.07) is 2.06. The third-order valence-corrected chi connectivity index (χ3v) is 3.24. The molecular formula is C12H10F4N4S. The Kier molecular flexibility index (Phi) is 4.61. The lowest BCUT2D eigenvalue weighted by molar-refractivity contribution is -0.137. The third kappa shape index (κ3) is 4.03. The molecule has 4 nitrogen and oxygen atoms in total. The molecule has 2 aromatic rings. The summed E-state index contributed by atoms with van der Waals surface area (Å²) in [4.78, 5) is 11.3. The molecule has 1 N–H and O–H groups in total. The molecule has 0 atom stereocenters. The Morgan fingerprint density at radius 3 is 2.52 bits per heavy atom. The van der Waals surface area contributed by atoms with Crippen LogP contribution in [-0.4, -0.2) is 21.5 Å². The minimum Gasteiger partial charge on any atom is -0.354 e. The van der Waals surface area contributed by atoms with Gasteiger partial charge in [-0.3, -0.25) is 0 Å². The summed E-state index contributed by atoms with van der Waals surface area (Å²) in [5, 5.41) is 3.02. The van der Waals surface area contributed by atoms with E-state index >= 15 is 0 Å². The Hall–Kier alpha value is -1.90. The molecule has 0 saturated carbocycles. The van der Waals surface area contributed by atoms with Crippen LogP contribution >= 0.6 is 11.8 Å². The van der Waals surface area contributed by atoms with E-state index in [2.05, 4.69) is 20.3 Å². The Morgan fingerprint density at radius 1 is 1.19 bits per heavy atom. The zero-order valence-electron chi connectivity index (χ0n) is 10.8. The van der Waals surface area contributed by atoms with Crippen molar-refractivity contribution in [3.05, 3.63) is 35.9 Å². The van der Waals surface area contributed by atoms with Gasteiger partial charge in [0.15, 0.2) is 5.82 Å². The summed E-state index contributed by atoms with van der Waals surface area (Å²) >= 11 is 0.829. The van der Waals surface area contributed by atoms with Gasteiger partial charge in [0.1, 0.15) is 10.1 Å². The number of nitrogens with zero attached hydrogens (tertiary/aromatic N) is 3. The molecule has 0 unspecified atom stereocenters. The van der Waals surface area contributed by atoms with Crippen LogP contribution < -0.4 is 5.32 Å². The molecule has 2 heterocycles. The molecule has 0 spiro atoms. The van der Waals surface area contributed by atoms with E-state index < -0.39 is 17.6 Å². The highest BCUT2D eigenvalue weighted by molar-refractivity contribution is 7.99. The topological polar surface area (TPSA) is 50.7 Å². The molecule has 0 aliphatic carbocycles. The molecule has 9 heteroatoms. The summed E-state index contributed by atoms with van der Waals surface area (Å²) in [6.45, 7) is 2.39. The molecule has 0 aromatic carbocycles. The van der Waals surface area contributed by atoms with E-state index in [0.717, 1.165) is 24.0 Å². The van der Waals surface area contributed by atoms with Crippen molar-refractivity contribution in [1.29, 1.82) is 0 Å². The highest BCUT2D eigenvalue weighted by atomic mass is 32.2. The number of pyridine rings is 1. The van der Waals surface area contributed by atoms with Gasteiger partial charge < -0.3 is 5.32 Å². The Balaban J connectivity index is 2.20. The summed E-state index contributed by atoms with van der Waals surface area (Å²) in [5.74, 6) is -0.420. The molecule has 112 valence electrons. The molecule has 0 amide bonds. The van der Waals surface area contributed by atoms with E-state index in [1.54, 1.807) is 0 Å². The first-order valence-corrected chi connectivity index (χ1v) is 6.69. The molecular weight excluding hydrogens is 308 g/mol. The van der Waals surface area contributed by atoms with Gasteiger partial charge in [-0.1, -0.05) is 0 Å². The van der Waals surface area contributed by atoms with Gasteiger partial charge in [-0.2, -0.15) is 13.2 Å². The van der Waals surface area contributed by atoms with Crippen molar-refractivity contribution in [2.75, 3.05) is 11.9 Å². The lowest BCUT2D eigenvalue weighted by atomic mass is 10.3. The van der Waals surface area contributed by atoms with Gasteiger partial charge in [0, 0.05) is 12.7 Å². The first-order valence-electron chi connectivity index (χ1n) is 5.87. The first kappa shape index (κ1) is 15.5. The molecule has 0 fully saturated rings. The van der Waals surface area contributed by atoms with Crippen LogP contribution in [0.4, 0.5) is 23.5 Å². The monoisotopic (exact) mass is 318 g/mol. The smallest absolute Gasteiger partial charge is 0.354 e. The first-order chi connectivity index (χ1) is 9.90. The second kappa shape index (κ2) is 6.25. The van der Waals surface area contributed by atoms with Gasteiger partial charge in [-0.15, -0.1) is 0 Å². The van der Waals surface area contributed by atoms with Crippen molar-refractivity contribution in [1.82, 2.24) is 15.0 Å². The van der Waals surface area contributed by atoms with Gasteiger partial charge in [0.05, 0.1) is 11.8 Å². The van der Waals surface area contributed by atoms with E-state index in [-0.39, 0.29) is 16.0 Å². The quantitative estimate of drug-likeness (QED) is 0.689. The Labute approximate surface area is 122 Å². The van der Waals surface area contributed by atoms with Gasteiger partial charge in [0.2, 0.25) is 5.95 Å². The second-order valence-electron chi connectivity index (χ2n) is 3.86. The maximum absolute atomic E-state index is 13.6. The summed E-state index contributed by atoms with van der Waals surface area (Å²) in [6.07, 6.45) is -2.75. The van der Waals surface area contributed by atoms with E-state index in [9.17, 15) is 17.6 Å². The summed E-state index contributed by atoms with van der Waals surface area (Å²) in [5.41, 5.74) is -0.858. The fraction of sp³-hybridized carbons (Fsp3) is 0.250. The predicted octanol–water partition coefficient (Wildman–Crippen LogP) is 3.61. The average Bonchev–Trinajstić information content (AvgIpc) is 2.42. The number of rotatable bonds is 4. The Morgan fingerprint density at radius 2 is 1.95 bits per heavy atom. The number of halogens is 4. The van der Waals surface area contributed by atoms with Crippen LogP contribution in [0.25, 0.3) is 0 Å². The lowest BCUT2D eigenvalue weighted by Crippen LogP contribution is -2.05. The number of nitrogens with one attached hydrogen (secondary N) is 1. The van der Waals surface area contributed by atoms with E-state index in [0.29, 0.717) is 12.7 Å². The average molecular weight is 318 g/mol. The van der Waals surface area contributed by atoms with Gasteiger partial charge in [-0.25, -0.2) is 19.3 Å². The van der Waals surface area contributed by atoms with Crippen LogP contribution in [0, 0.1) is 5.82 Å². The number of anilines is 1. The lowest BCUT2D eigenvalue weighted by Gasteiger charge is -2.07. The number of hydrogen-bond acceptors (Lipinski definition) is 5. The maximum atomic E-state index is 13.6. The third-order valence-electron chi connectivity index (χ3n) is 2.31. The van der Waals surface area contributed by atoms with E-state index in [1.165, 1.54) is 6.07 Å². The van der Waals surface area contributed by atoms with Gasteiger partial charge in [-0.05, 0) is 30.8 Å². The standard InChI is InChI=1S/C12H10F4N4S/c1-2-17-11-19-6-8(13)10(20-11)21-9-4-3-7(5-18-9)12(14,15)16/h3-6H,2H2,1H3,(H,17,19,20). The van der Waals surface area contributed by atoms with Crippen molar-refractivity contribution < 1.29 is 17.6 Å². The normalized spacial score (nSPS) is 11.5. The molecule has 0 radical (unpaired) electrons. The van der Waals surface area contributed by atoms with Crippen LogP contribution in [0.1, 0.15) is 12.5 Å².